The SMILES string of the molecule is Cc1ccc(CC(=O)N/N=C/c2ccccc2OCc2ccccc2Cl)c(C)c1. The lowest BCUT2D eigenvalue weighted by atomic mass is 10.0. The summed E-state index contributed by atoms with van der Waals surface area (Å²) in [7, 11) is 0. The smallest absolute Gasteiger partial charge is 0.244 e. The Labute approximate surface area is 176 Å². The number of para-hydroxylation sites is 1. The molecule has 0 atom stereocenters. The zero-order valence-electron chi connectivity index (χ0n) is 16.5. The molecule has 0 saturated carbocycles. The van der Waals surface area contributed by atoms with Crippen molar-refractivity contribution in [3.8, 4) is 5.75 Å². The molecule has 0 aliphatic heterocycles. The number of hydrazone groups is 1. The maximum absolute atomic E-state index is 12.2. The van der Waals surface area contributed by atoms with Gasteiger partial charge in [-0.05, 0) is 43.2 Å². The first-order chi connectivity index (χ1) is 14.0. The molecule has 0 radical (unpaired) electrons. The second-order valence-corrected chi connectivity index (χ2v) is 7.23. The highest BCUT2D eigenvalue weighted by Gasteiger charge is 2.06. The van der Waals surface area contributed by atoms with Gasteiger partial charge in [-0.25, -0.2) is 5.43 Å². The quantitative estimate of drug-likeness (QED) is 0.431. The Morgan fingerprint density at radius 3 is 2.59 bits per heavy atom. The number of nitrogens with zero attached hydrogens (tertiary/aromatic N) is 1. The molecule has 29 heavy (non-hydrogen) atoms. The first-order valence-corrected chi connectivity index (χ1v) is 9.74. The van der Waals surface area contributed by atoms with Crippen LogP contribution in [0.4, 0.5) is 0 Å². The molecule has 5 heteroatoms. The third kappa shape index (κ3) is 5.93. The molecular formula is C24H23ClN2O2. The van der Waals surface area contributed by atoms with Crippen molar-refractivity contribution in [1.29, 1.82) is 0 Å². The average molecular weight is 407 g/mol. The summed E-state index contributed by atoms with van der Waals surface area (Å²) in [5, 5.41) is 4.75. The van der Waals surface area contributed by atoms with Crippen molar-refractivity contribution in [1.82, 2.24) is 5.43 Å². The van der Waals surface area contributed by atoms with E-state index in [1.54, 1.807) is 6.21 Å². The summed E-state index contributed by atoms with van der Waals surface area (Å²) in [5.41, 5.74) is 7.53. The first kappa shape index (κ1) is 20.6. The first-order valence-electron chi connectivity index (χ1n) is 9.36. The number of hydrogen-bond donors (Lipinski definition) is 1. The molecule has 0 spiro atoms. The van der Waals surface area contributed by atoms with Gasteiger partial charge in [-0.15, -0.1) is 0 Å². The molecule has 0 fully saturated rings. The van der Waals surface area contributed by atoms with E-state index in [1.165, 1.54) is 5.56 Å². The summed E-state index contributed by atoms with van der Waals surface area (Å²) in [6.45, 7) is 4.39. The van der Waals surface area contributed by atoms with E-state index in [0.717, 1.165) is 22.3 Å². The van der Waals surface area contributed by atoms with E-state index in [-0.39, 0.29) is 12.3 Å². The monoisotopic (exact) mass is 406 g/mol. The lowest BCUT2D eigenvalue weighted by Gasteiger charge is -2.10. The highest BCUT2D eigenvalue weighted by molar-refractivity contribution is 6.31. The zero-order valence-corrected chi connectivity index (χ0v) is 17.2. The van der Waals surface area contributed by atoms with E-state index in [2.05, 4.69) is 16.6 Å². The van der Waals surface area contributed by atoms with Crippen molar-refractivity contribution >= 4 is 23.7 Å². The molecule has 0 aliphatic carbocycles. The van der Waals surface area contributed by atoms with Crippen LogP contribution in [0.3, 0.4) is 0 Å². The van der Waals surface area contributed by atoms with Crippen LogP contribution in [0.5, 0.6) is 5.75 Å². The fourth-order valence-electron chi connectivity index (χ4n) is 2.92. The van der Waals surface area contributed by atoms with Crippen LogP contribution in [-0.4, -0.2) is 12.1 Å². The van der Waals surface area contributed by atoms with Gasteiger partial charge in [-0.1, -0.05) is 65.7 Å². The normalized spacial score (nSPS) is 10.9. The summed E-state index contributed by atoms with van der Waals surface area (Å²) in [5.74, 6) is 0.502. The molecule has 1 amide bonds. The van der Waals surface area contributed by atoms with Crippen molar-refractivity contribution in [2.45, 2.75) is 26.9 Å². The van der Waals surface area contributed by atoms with Crippen LogP contribution in [0, 0.1) is 13.8 Å². The lowest BCUT2D eigenvalue weighted by Crippen LogP contribution is -2.20. The Morgan fingerprint density at radius 2 is 1.79 bits per heavy atom. The minimum atomic E-state index is -0.164. The van der Waals surface area contributed by atoms with E-state index >= 15 is 0 Å². The number of hydrogen-bond acceptors (Lipinski definition) is 3. The Hall–Kier alpha value is -3.11. The summed E-state index contributed by atoms with van der Waals surface area (Å²) >= 11 is 6.18. The van der Waals surface area contributed by atoms with Gasteiger partial charge in [0.2, 0.25) is 5.91 Å². The second-order valence-electron chi connectivity index (χ2n) is 6.82. The van der Waals surface area contributed by atoms with E-state index in [4.69, 9.17) is 16.3 Å². The topological polar surface area (TPSA) is 50.7 Å². The van der Waals surface area contributed by atoms with Gasteiger partial charge in [0.05, 0.1) is 12.6 Å². The van der Waals surface area contributed by atoms with Crippen LogP contribution in [0.15, 0.2) is 71.8 Å². The van der Waals surface area contributed by atoms with Crippen LogP contribution in [0.2, 0.25) is 5.02 Å². The molecule has 0 bridgehead atoms. The van der Waals surface area contributed by atoms with Gasteiger partial charge in [0.15, 0.2) is 0 Å². The lowest BCUT2D eigenvalue weighted by molar-refractivity contribution is -0.120. The zero-order chi connectivity index (χ0) is 20.6. The largest absolute Gasteiger partial charge is 0.488 e. The Bertz CT molecular complexity index is 1030. The van der Waals surface area contributed by atoms with Crippen molar-refractivity contribution in [3.05, 3.63) is 99.6 Å². The summed E-state index contributed by atoms with van der Waals surface area (Å²) in [4.78, 5) is 12.2. The molecule has 0 aromatic heterocycles. The van der Waals surface area contributed by atoms with Crippen LogP contribution in [0.25, 0.3) is 0 Å². The predicted octanol–water partition coefficient (Wildman–Crippen LogP) is 5.23. The molecule has 3 rings (SSSR count). The minimum absolute atomic E-state index is 0.164. The summed E-state index contributed by atoms with van der Waals surface area (Å²) in [6.07, 6.45) is 1.87. The third-order valence-corrected chi connectivity index (χ3v) is 4.87. The average Bonchev–Trinajstić information content (AvgIpc) is 2.70. The number of amides is 1. The molecule has 1 N–H and O–H groups in total. The number of halogens is 1. The highest BCUT2D eigenvalue weighted by atomic mass is 35.5. The van der Waals surface area contributed by atoms with Crippen LogP contribution >= 0.6 is 11.6 Å². The second kappa shape index (κ2) is 9.89. The van der Waals surface area contributed by atoms with E-state index < -0.39 is 0 Å². The van der Waals surface area contributed by atoms with Crippen LogP contribution < -0.4 is 10.2 Å². The van der Waals surface area contributed by atoms with Gasteiger partial charge >= 0.3 is 0 Å². The maximum Gasteiger partial charge on any atom is 0.244 e. The molecule has 0 unspecified atom stereocenters. The maximum atomic E-state index is 12.2. The molecule has 0 saturated heterocycles. The van der Waals surface area contributed by atoms with Crippen LogP contribution in [0.1, 0.15) is 27.8 Å². The minimum Gasteiger partial charge on any atom is -0.488 e. The molecule has 4 nitrogen and oxygen atoms in total. The molecule has 0 aliphatic rings. The number of carbonyl (C=O) groups excluding carboxylic acids is 1. The van der Waals surface area contributed by atoms with Crippen LogP contribution in [-0.2, 0) is 17.8 Å². The number of nitrogens with one attached hydrogen (secondary N) is 1. The highest BCUT2D eigenvalue weighted by Crippen LogP contribution is 2.21. The Balaban J connectivity index is 1.60. The van der Waals surface area contributed by atoms with Gasteiger partial charge < -0.3 is 4.74 Å². The third-order valence-electron chi connectivity index (χ3n) is 4.50. The van der Waals surface area contributed by atoms with Crippen molar-refractivity contribution in [2.24, 2.45) is 5.10 Å². The predicted molar refractivity (Wildman–Crippen MR) is 118 cm³/mol. The number of aryl methyl sites for hydroxylation is 2. The molecule has 3 aromatic carbocycles. The molecule has 0 heterocycles. The number of carbonyl (C=O) groups is 1. The Morgan fingerprint density at radius 1 is 1.03 bits per heavy atom. The van der Waals surface area contributed by atoms with E-state index in [9.17, 15) is 4.79 Å². The van der Waals surface area contributed by atoms with E-state index in [1.807, 2.05) is 74.5 Å². The summed E-state index contributed by atoms with van der Waals surface area (Å²) < 4.78 is 5.90. The Kier molecular flexibility index (Phi) is 7.04. The standard InChI is InChI=1S/C24H23ClN2O2/c1-17-11-12-19(18(2)13-17)14-24(28)27-26-15-20-7-4-6-10-23(20)29-16-21-8-3-5-9-22(21)25/h3-13,15H,14,16H2,1-2H3,(H,27,28)/b26-15+. The fourth-order valence-corrected chi connectivity index (χ4v) is 3.11. The van der Waals surface area contributed by atoms with Gasteiger partial charge in [-0.2, -0.15) is 5.10 Å². The van der Waals surface area contributed by atoms with Crippen molar-refractivity contribution < 1.29 is 9.53 Å². The summed E-state index contributed by atoms with van der Waals surface area (Å²) in [6, 6.07) is 21.1. The number of rotatable bonds is 7. The van der Waals surface area contributed by atoms with E-state index in [0.29, 0.717) is 17.4 Å². The molecule has 3 aromatic rings. The van der Waals surface area contributed by atoms with Gasteiger partial charge in [0.1, 0.15) is 12.4 Å². The number of benzene rings is 3. The molecular weight excluding hydrogens is 384 g/mol. The number of ether oxygens (including phenoxy) is 1. The van der Waals surface area contributed by atoms with Gasteiger partial charge in [0.25, 0.3) is 0 Å². The van der Waals surface area contributed by atoms with Gasteiger partial charge in [0, 0.05) is 16.1 Å². The van der Waals surface area contributed by atoms with Crippen molar-refractivity contribution in [2.75, 3.05) is 0 Å². The molecule has 148 valence electrons. The van der Waals surface area contributed by atoms with Gasteiger partial charge in [-0.3, -0.25) is 4.79 Å². The fraction of sp³-hybridized carbons (Fsp3) is 0.167. The van der Waals surface area contributed by atoms with Crippen molar-refractivity contribution in [3.63, 3.8) is 0 Å².